The Hall–Kier alpha value is -0.890. The molecule has 1 rings (SSSR count). The van der Waals surface area contributed by atoms with Crippen molar-refractivity contribution in [2.24, 2.45) is 4.99 Å². The van der Waals surface area contributed by atoms with Gasteiger partial charge in [-0.2, -0.15) is 0 Å². The smallest absolute Gasteiger partial charge is 0.191 e. The van der Waals surface area contributed by atoms with Crippen LogP contribution in [0.2, 0.25) is 0 Å². The van der Waals surface area contributed by atoms with E-state index in [1.54, 1.807) is 13.3 Å². The molecule has 0 aliphatic rings. The van der Waals surface area contributed by atoms with E-state index in [-0.39, 0.29) is 29.6 Å². The molecule has 0 fully saturated rings. The monoisotopic (exact) mass is 392 g/mol. The van der Waals surface area contributed by atoms with E-state index < -0.39 is 0 Å². The van der Waals surface area contributed by atoms with Gasteiger partial charge in [0.15, 0.2) is 5.96 Å². The number of guanidine groups is 1. The van der Waals surface area contributed by atoms with Crippen LogP contribution >= 0.6 is 24.0 Å². The van der Waals surface area contributed by atoms with Crippen LogP contribution in [0.15, 0.2) is 29.4 Å². The van der Waals surface area contributed by atoms with Gasteiger partial charge in [-0.05, 0) is 32.9 Å². The number of pyridine rings is 1. The Morgan fingerprint density at radius 2 is 2.10 bits per heavy atom. The van der Waals surface area contributed by atoms with Crippen LogP contribution in [0, 0.1) is 0 Å². The number of nitrogens with one attached hydrogen (secondary N) is 2. The van der Waals surface area contributed by atoms with Gasteiger partial charge in [0, 0.05) is 26.4 Å². The van der Waals surface area contributed by atoms with Crippen LogP contribution in [0.1, 0.15) is 26.5 Å². The van der Waals surface area contributed by atoms with Crippen molar-refractivity contribution in [3.05, 3.63) is 30.1 Å². The number of nitrogens with zero attached hydrogens (tertiary/aromatic N) is 2. The Morgan fingerprint density at radius 3 is 2.65 bits per heavy atom. The van der Waals surface area contributed by atoms with Crippen molar-refractivity contribution in [2.75, 3.05) is 20.2 Å². The average Bonchev–Trinajstić information content (AvgIpc) is 2.43. The zero-order chi connectivity index (χ0) is 14.1. The zero-order valence-corrected chi connectivity index (χ0v) is 15.0. The summed E-state index contributed by atoms with van der Waals surface area (Å²) >= 11 is 0. The third kappa shape index (κ3) is 7.64. The lowest BCUT2D eigenvalue weighted by molar-refractivity contribution is 0.0268. The summed E-state index contributed by atoms with van der Waals surface area (Å²) in [5.74, 6) is 0.776. The third-order valence-corrected chi connectivity index (χ3v) is 2.70. The molecule has 1 aromatic rings. The maximum atomic E-state index is 5.37. The minimum Gasteiger partial charge on any atom is -0.377 e. The van der Waals surface area contributed by atoms with Gasteiger partial charge in [-0.15, -0.1) is 24.0 Å². The molecule has 114 valence electrons. The molecule has 2 N–H and O–H groups in total. The first-order valence-electron chi connectivity index (χ1n) is 6.54. The summed E-state index contributed by atoms with van der Waals surface area (Å²) in [6.45, 7) is 8.17. The van der Waals surface area contributed by atoms with Crippen LogP contribution in [-0.4, -0.2) is 36.7 Å². The SMILES string of the molecule is CCNC(=NCc1ccccn1)NCC(C)(C)OC.I. The molecule has 0 bridgehead atoms. The van der Waals surface area contributed by atoms with Crippen molar-refractivity contribution in [1.82, 2.24) is 15.6 Å². The molecule has 20 heavy (non-hydrogen) atoms. The molecule has 0 aliphatic heterocycles. The molecule has 0 unspecified atom stereocenters. The molecule has 5 nitrogen and oxygen atoms in total. The number of aromatic nitrogens is 1. The van der Waals surface area contributed by atoms with E-state index in [4.69, 9.17) is 4.74 Å². The number of halogens is 1. The Morgan fingerprint density at radius 1 is 1.35 bits per heavy atom. The van der Waals surface area contributed by atoms with Gasteiger partial charge in [0.05, 0.1) is 17.8 Å². The number of hydrogen-bond acceptors (Lipinski definition) is 3. The molecule has 0 saturated carbocycles. The van der Waals surface area contributed by atoms with E-state index in [1.165, 1.54) is 0 Å². The predicted octanol–water partition coefficient (Wildman–Crippen LogP) is 2.18. The maximum Gasteiger partial charge on any atom is 0.191 e. The van der Waals surface area contributed by atoms with Gasteiger partial charge in [-0.25, -0.2) is 4.99 Å². The molecule has 1 heterocycles. The highest BCUT2D eigenvalue weighted by atomic mass is 127. The maximum absolute atomic E-state index is 5.37. The zero-order valence-electron chi connectivity index (χ0n) is 12.6. The van der Waals surface area contributed by atoms with Crippen LogP contribution in [0.4, 0.5) is 0 Å². The Balaban J connectivity index is 0.00000361. The summed E-state index contributed by atoms with van der Waals surface area (Å²) in [4.78, 5) is 8.75. The van der Waals surface area contributed by atoms with Crippen molar-refractivity contribution in [3.8, 4) is 0 Å². The first kappa shape index (κ1) is 19.1. The van der Waals surface area contributed by atoms with Gasteiger partial charge in [-0.1, -0.05) is 6.07 Å². The van der Waals surface area contributed by atoms with Gasteiger partial charge in [0.2, 0.25) is 0 Å². The standard InChI is InChI=1S/C14H24N4O.HI/c1-5-15-13(18-11-14(2,3)19-4)17-10-12-8-6-7-9-16-12;/h6-9H,5,10-11H2,1-4H3,(H2,15,17,18);1H. The van der Waals surface area contributed by atoms with Gasteiger partial charge >= 0.3 is 0 Å². The minimum absolute atomic E-state index is 0. The third-order valence-electron chi connectivity index (χ3n) is 2.70. The fraction of sp³-hybridized carbons (Fsp3) is 0.571. The molecule has 0 spiro atoms. The molecule has 0 atom stereocenters. The average molecular weight is 392 g/mol. The van der Waals surface area contributed by atoms with Crippen molar-refractivity contribution in [1.29, 1.82) is 0 Å². The van der Waals surface area contributed by atoms with E-state index in [2.05, 4.69) is 20.6 Å². The van der Waals surface area contributed by atoms with Crippen LogP contribution in [0.25, 0.3) is 0 Å². The fourth-order valence-electron chi connectivity index (χ4n) is 1.36. The molecule has 6 heteroatoms. The number of methoxy groups -OCH3 is 1. The topological polar surface area (TPSA) is 58.5 Å². The molecule has 0 saturated heterocycles. The molecule has 0 aliphatic carbocycles. The predicted molar refractivity (Wildman–Crippen MR) is 93.6 cm³/mol. The summed E-state index contributed by atoms with van der Waals surface area (Å²) < 4.78 is 5.37. The molecule has 1 aromatic heterocycles. The second-order valence-corrected chi connectivity index (χ2v) is 4.83. The second-order valence-electron chi connectivity index (χ2n) is 4.83. The number of hydrogen-bond donors (Lipinski definition) is 2. The largest absolute Gasteiger partial charge is 0.377 e. The normalized spacial score (nSPS) is 11.7. The van der Waals surface area contributed by atoms with E-state index in [0.29, 0.717) is 13.1 Å². The molecule has 0 radical (unpaired) electrons. The summed E-state index contributed by atoms with van der Waals surface area (Å²) in [6.07, 6.45) is 1.78. The first-order chi connectivity index (χ1) is 9.07. The second kappa shape index (κ2) is 9.93. The van der Waals surface area contributed by atoms with Gasteiger partial charge < -0.3 is 15.4 Å². The molecule has 0 aromatic carbocycles. The summed E-state index contributed by atoms with van der Waals surface area (Å²) in [5, 5.41) is 6.47. The Bertz CT molecular complexity index is 395. The van der Waals surface area contributed by atoms with Crippen molar-refractivity contribution in [3.63, 3.8) is 0 Å². The van der Waals surface area contributed by atoms with Crippen molar-refractivity contribution in [2.45, 2.75) is 32.9 Å². The number of aliphatic imine (C=N–C) groups is 1. The van der Waals surface area contributed by atoms with Crippen LogP contribution in [0.3, 0.4) is 0 Å². The highest BCUT2D eigenvalue weighted by molar-refractivity contribution is 14.0. The highest BCUT2D eigenvalue weighted by Gasteiger charge is 2.16. The van der Waals surface area contributed by atoms with Crippen LogP contribution < -0.4 is 10.6 Å². The van der Waals surface area contributed by atoms with Crippen molar-refractivity contribution >= 4 is 29.9 Å². The lowest BCUT2D eigenvalue weighted by Crippen LogP contribution is -2.45. The molecule has 0 amide bonds. The summed E-state index contributed by atoms with van der Waals surface area (Å²) in [5.41, 5.74) is 0.729. The van der Waals surface area contributed by atoms with Gasteiger partial charge in [-0.3, -0.25) is 4.98 Å². The van der Waals surface area contributed by atoms with E-state index in [1.807, 2.05) is 39.0 Å². The Kier molecular flexibility index (Phi) is 9.49. The Labute approximate surface area is 138 Å². The summed E-state index contributed by atoms with van der Waals surface area (Å²) in [7, 11) is 1.71. The quantitative estimate of drug-likeness (QED) is 0.443. The fourth-order valence-corrected chi connectivity index (χ4v) is 1.36. The van der Waals surface area contributed by atoms with Gasteiger partial charge in [0.25, 0.3) is 0 Å². The first-order valence-corrected chi connectivity index (χ1v) is 6.54. The van der Waals surface area contributed by atoms with Crippen molar-refractivity contribution < 1.29 is 4.74 Å². The van der Waals surface area contributed by atoms with E-state index in [9.17, 15) is 0 Å². The van der Waals surface area contributed by atoms with E-state index in [0.717, 1.165) is 18.2 Å². The molecular formula is C14H25IN4O. The number of rotatable bonds is 6. The molecular weight excluding hydrogens is 367 g/mol. The highest BCUT2D eigenvalue weighted by Crippen LogP contribution is 2.04. The van der Waals surface area contributed by atoms with E-state index >= 15 is 0 Å². The summed E-state index contributed by atoms with van der Waals surface area (Å²) in [6, 6.07) is 5.83. The lowest BCUT2D eigenvalue weighted by Gasteiger charge is -2.24. The minimum atomic E-state index is -0.221. The van der Waals surface area contributed by atoms with Crippen LogP contribution in [-0.2, 0) is 11.3 Å². The van der Waals surface area contributed by atoms with Gasteiger partial charge in [0.1, 0.15) is 0 Å². The van der Waals surface area contributed by atoms with Crippen LogP contribution in [0.5, 0.6) is 0 Å². The lowest BCUT2D eigenvalue weighted by atomic mass is 10.1. The number of ether oxygens (including phenoxy) is 1.